The summed E-state index contributed by atoms with van der Waals surface area (Å²) in [6, 6.07) is 10.3. The molecule has 0 spiro atoms. The number of allylic oxidation sites excluding steroid dienone is 1. The molecule has 0 saturated heterocycles. The Balaban J connectivity index is 2.38. The Hall–Kier alpha value is -1.08. The fourth-order valence-electron chi connectivity index (χ4n) is 1.43. The number of aryl methyl sites for hydroxylation is 1. The van der Waals surface area contributed by atoms with Crippen LogP contribution in [0.3, 0.4) is 0 Å². The maximum absolute atomic E-state index is 9.60. The predicted octanol–water partition coefficient (Wildman–Crippen LogP) is 2.95. The zero-order valence-corrected chi connectivity index (χ0v) is 8.90. The van der Waals surface area contributed by atoms with Crippen molar-refractivity contribution < 1.29 is 5.11 Å². The van der Waals surface area contributed by atoms with Gasteiger partial charge in [-0.2, -0.15) is 0 Å². The van der Waals surface area contributed by atoms with Crippen molar-refractivity contribution in [1.82, 2.24) is 0 Å². The summed E-state index contributed by atoms with van der Waals surface area (Å²) in [7, 11) is 0. The normalized spacial score (nSPS) is 12.2. The van der Waals surface area contributed by atoms with Crippen LogP contribution in [0.1, 0.15) is 25.8 Å². The van der Waals surface area contributed by atoms with Crippen molar-refractivity contribution in [3.8, 4) is 0 Å². The van der Waals surface area contributed by atoms with Crippen molar-refractivity contribution in [2.24, 2.45) is 0 Å². The first kappa shape index (κ1) is 11.0. The highest BCUT2D eigenvalue weighted by atomic mass is 16.3. The Morgan fingerprint density at radius 2 is 1.93 bits per heavy atom. The Morgan fingerprint density at radius 1 is 1.29 bits per heavy atom. The number of benzene rings is 1. The molecule has 0 aromatic heterocycles. The van der Waals surface area contributed by atoms with Crippen LogP contribution in [-0.4, -0.2) is 11.2 Å². The first-order chi connectivity index (χ1) is 6.68. The molecule has 1 atom stereocenters. The lowest BCUT2D eigenvalue weighted by atomic mass is 10.1. The van der Waals surface area contributed by atoms with E-state index in [1.807, 2.05) is 38.1 Å². The van der Waals surface area contributed by atoms with Gasteiger partial charge in [0, 0.05) is 0 Å². The Morgan fingerprint density at radius 3 is 2.50 bits per heavy atom. The Bertz CT molecular complexity index is 283. The highest BCUT2D eigenvalue weighted by Gasteiger charge is 2.00. The highest BCUT2D eigenvalue weighted by Crippen LogP contribution is 2.06. The first-order valence-electron chi connectivity index (χ1n) is 5.05. The molecule has 1 nitrogen and oxygen atoms in total. The second kappa shape index (κ2) is 5.61. The molecule has 0 aliphatic rings. The molecule has 1 aromatic carbocycles. The quantitative estimate of drug-likeness (QED) is 0.724. The smallest absolute Gasteiger partial charge is 0.0726 e. The summed E-state index contributed by atoms with van der Waals surface area (Å²) in [5.74, 6) is 0. The third-order valence-electron chi connectivity index (χ3n) is 2.10. The van der Waals surface area contributed by atoms with E-state index in [0.29, 0.717) is 0 Å². The molecule has 1 aromatic rings. The van der Waals surface area contributed by atoms with Crippen LogP contribution in [0.2, 0.25) is 0 Å². The van der Waals surface area contributed by atoms with Crippen molar-refractivity contribution in [2.75, 3.05) is 0 Å². The molecule has 0 aliphatic carbocycles. The van der Waals surface area contributed by atoms with Gasteiger partial charge in [-0.3, -0.25) is 0 Å². The summed E-state index contributed by atoms with van der Waals surface area (Å²) in [5.41, 5.74) is 2.46. The highest BCUT2D eigenvalue weighted by molar-refractivity contribution is 5.15. The van der Waals surface area contributed by atoms with Gasteiger partial charge in [0.15, 0.2) is 0 Å². The van der Waals surface area contributed by atoms with Crippen LogP contribution in [0, 0.1) is 0 Å². The number of hydrogen-bond donors (Lipinski definition) is 1. The first-order valence-corrected chi connectivity index (χ1v) is 5.05. The van der Waals surface area contributed by atoms with Crippen molar-refractivity contribution in [1.29, 1.82) is 0 Å². The zero-order valence-electron chi connectivity index (χ0n) is 8.90. The van der Waals surface area contributed by atoms with Crippen LogP contribution in [0.15, 0.2) is 42.0 Å². The minimum absolute atomic E-state index is 0.305. The molecule has 0 aliphatic heterocycles. The minimum atomic E-state index is -0.305. The molecular formula is C13H18O. The van der Waals surface area contributed by atoms with Gasteiger partial charge in [0.25, 0.3) is 0 Å². The molecule has 14 heavy (non-hydrogen) atoms. The van der Waals surface area contributed by atoms with Crippen molar-refractivity contribution in [2.45, 2.75) is 32.8 Å². The monoisotopic (exact) mass is 190 g/mol. The second-order valence-corrected chi connectivity index (χ2v) is 3.84. The largest absolute Gasteiger partial charge is 0.389 e. The molecule has 0 amide bonds. The molecule has 0 fully saturated rings. The number of aliphatic hydroxyl groups excluding tert-OH is 1. The average Bonchev–Trinajstić information content (AvgIpc) is 2.15. The lowest BCUT2D eigenvalue weighted by molar-refractivity contribution is 0.212. The van der Waals surface area contributed by atoms with Gasteiger partial charge in [-0.05, 0) is 32.3 Å². The summed E-state index contributed by atoms with van der Waals surface area (Å²) in [6.45, 7) is 4.01. The van der Waals surface area contributed by atoms with Gasteiger partial charge >= 0.3 is 0 Å². The van der Waals surface area contributed by atoms with Crippen LogP contribution >= 0.6 is 0 Å². The van der Waals surface area contributed by atoms with Crippen LogP contribution in [0.4, 0.5) is 0 Å². The SMILES string of the molecule is CC(C)=CC(O)CCc1ccccc1. The van der Waals surface area contributed by atoms with Gasteiger partial charge in [-0.25, -0.2) is 0 Å². The van der Waals surface area contributed by atoms with E-state index in [1.54, 1.807) is 0 Å². The van der Waals surface area contributed by atoms with E-state index in [1.165, 1.54) is 11.1 Å². The molecule has 0 heterocycles. The van der Waals surface area contributed by atoms with Gasteiger partial charge in [-0.1, -0.05) is 42.0 Å². The Labute approximate surface area is 86.1 Å². The molecule has 1 N–H and O–H groups in total. The predicted molar refractivity (Wildman–Crippen MR) is 60.2 cm³/mol. The van der Waals surface area contributed by atoms with Gasteiger partial charge in [0.2, 0.25) is 0 Å². The zero-order chi connectivity index (χ0) is 10.4. The topological polar surface area (TPSA) is 20.2 Å². The summed E-state index contributed by atoms with van der Waals surface area (Å²) in [6.07, 6.45) is 3.34. The average molecular weight is 190 g/mol. The number of aliphatic hydroxyl groups is 1. The molecular weight excluding hydrogens is 172 g/mol. The third-order valence-corrected chi connectivity index (χ3v) is 2.10. The molecule has 0 saturated carbocycles. The lowest BCUT2D eigenvalue weighted by Gasteiger charge is -2.06. The maximum atomic E-state index is 9.60. The van der Waals surface area contributed by atoms with Crippen molar-refractivity contribution >= 4 is 0 Å². The van der Waals surface area contributed by atoms with E-state index < -0.39 is 0 Å². The molecule has 0 radical (unpaired) electrons. The number of rotatable bonds is 4. The molecule has 76 valence electrons. The third kappa shape index (κ3) is 4.24. The minimum Gasteiger partial charge on any atom is -0.389 e. The maximum Gasteiger partial charge on any atom is 0.0726 e. The second-order valence-electron chi connectivity index (χ2n) is 3.84. The van der Waals surface area contributed by atoms with Crippen molar-refractivity contribution in [3.05, 3.63) is 47.5 Å². The fourth-order valence-corrected chi connectivity index (χ4v) is 1.43. The fraction of sp³-hybridized carbons (Fsp3) is 0.385. The molecule has 1 unspecified atom stereocenters. The van der Waals surface area contributed by atoms with Crippen molar-refractivity contribution in [3.63, 3.8) is 0 Å². The van der Waals surface area contributed by atoms with Gasteiger partial charge in [-0.15, -0.1) is 0 Å². The van der Waals surface area contributed by atoms with E-state index in [4.69, 9.17) is 0 Å². The molecule has 1 rings (SSSR count). The van der Waals surface area contributed by atoms with Gasteiger partial charge < -0.3 is 5.11 Å². The van der Waals surface area contributed by atoms with Gasteiger partial charge in [0.05, 0.1) is 6.10 Å². The summed E-state index contributed by atoms with van der Waals surface area (Å²) >= 11 is 0. The van der Waals surface area contributed by atoms with Crippen LogP contribution in [0.5, 0.6) is 0 Å². The van der Waals surface area contributed by atoms with E-state index in [9.17, 15) is 5.11 Å². The van der Waals surface area contributed by atoms with E-state index in [-0.39, 0.29) is 6.10 Å². The molecule has 1 heteroatoms. The van der Waals surface area contributed by atoms with Gasteiger partial charge in [0.1, 0.15) is 0 Å². The summed E-state index contributed by atoms with van der Waals surface area (Å²) in [4.78, 5) is 0. The standard InChI is InChI=1S/C13H18O/c1-11(2)10-13(14)9-8-12-6-4-3-5-7-12/h3-7,10,13-14H,8-9H2,1-2H3. The van der Waals surface area contributed by atoms with Crippen LogP contribution in [-0.2, 0) is 6.42 Å². The van der Waals surface area contributed by atoms with E-state index in [0.717, 1.165) is 12.8 Å². The lowest BCUT2D eigenvalue weighted by Crippen LogP contribution is -2.04. The Kier molecular flexibility index (Phi) is 4.41. The van der Waals surface area contributed by atoms with E-state index in [2.05, 4.69) is 12.1 Å². The number of hydrogen-bond acceptors (Lipinski definition) is 1. The van der Waals surface area contributed by atoms with Crippen LogP contribution < -0.4 is 0 Å². The summed E-state index contributed by atoms with van der Waals surface area (Å²) in [5, 5.41) is 9.60. The summed E-state index contributed by atoms with van der Waals surface area (Å²) < 4.78 is 0. The van der Waals surface area contributed by atoms with Crippen LogP contribution in [0.25, 0.3) is 0 Å². The molecule has 0 bridgehead atoms. The van der Waals surface area contributed by atoms with E-state index >= 15 is 0 Å².